The summed E-state index contributed by atoms with van der Waals surface area (Å²) < 4.78 is 39.9. The fraction of sp³-hybridized carbons (Fsp3) is 0.333. The predicted octanol–water partition coefficient (Wildman–Crippen LogP) is 4.07. The van der Waals surface area contributed by atoms with Gasteiger partial charge in [0.1, 0.15) is 24.1 Å². The van der Waals surface area contributed by atoms with Crippen LogP contribution in [0, 0.1) is 13.8 Å². The number of nitrogens with zero attached hydrogens (tertiary/aromatic N) is 2. The highest BCUT2D eigenvalue weighted by Crippen LogP contribution is 2.34. The van der Waals surface area contributed by atoms with Gasteiger partial charge in [0.05, 0.1) is 24.8 Å². The standard InChI is InChI=1S/C30H37N3O6S/c1-7-26(30(35)31-4)32(19-23-11-13-24(38-5)14-12-23)29(34)20-33(27-18-22(3)10-17-28(27)39-6)40(36,37)25-15-8-21(2)9-16-25/h8-18,26H,7,19-20H2,1-6H3,(H,31,35). The molecule has 0 fully saturated rings. The number of carbonyl (C=O) groups excluding carboxylic acids is 2. The van der Waals surface area contributed by atoms with Crippen LogP contribution in [0.2, 0.25) is 0 Å². The average Bonchev–Trinajstić information content (AvgIpc) is 2.95. The molecular weight excluding hydrogens is 530 g/mol. The summed E-state index contributed by atoms with van der Waals surface area (Å²) in [5.41, 5.74) is 2.68. The summed E-state index contributed by atoms with van der Waals surface area (Å²) in [5.74, 6) is 0.0759. The quantitative estimate of drug-likeness (QED) is 0.354. The highest BCUT2D eigenvalue weighted by Gasteiger charge is 2.34. The summed E-state index contributed by atoms with van der Waals surface area (Å²) in [6.45, 7) is 5.05. The third-order valence-corrected chi connectivity index (χ3v) is 8.41. The topological polar surface area (TPSA) is 105 Å². The van der Waals surface area contributed by atoms with E-state index in [-0.39, 0.29) is 23.0 Å². The monoisotopic (exact) mass is 567 g/mol. The van der Waals surface area contributed by atoms with Crippen molar-refractivity contribution < 1.29 is 27.5 Å². The normalized spacial score (nSPS) is 11.8. The first-order chi connectivity index (χ1) is 19.0. The van der Waals surface area contributed by atoms with Crippen molar-refractivity contribution in [2.75, 3.05) is 32.1 Å². The molecule has 3 aromatic rings. The zero-order valence-corrected chi connectivity index (χ0v) is 24.6. The summed E-state index contributed by atoms with van der Waals surface area (Å²) in [4.78, 5) is 28.4. The number of carbonyl (C=O) groups is 2. The maximum Gasteiger partial charge on any atom is 0.264 e. The Morgan fingerprint density at radius 3 is 2.08 bits per heavy atom. The van der Waals surface area contributed by atoms with E-state index in [1.807, 2.05) is 13.8 Å². The highest BCUT2D eigenvalue weighted by molar-refractivity contribution is 7.92. The first-order valence-electron chi connectivity index (χ1n) is 12.9. The van der Waals surface area contributed by atoms with E-state index in [0.717, 1.165) is 21.0 Å². The number of rotatable bonds is 12. The number of benzene rings is 3. The number of anilines is 1. The maximum absolute atomic E-state index is 14.1. The van der Waals surface area contributed by atoms with Gasteiger partial charge in [0, 0.05) is 13.6 Å². The molecule has 1 atom stereocenters. The van der Waals surface area contributed by atoms with Gasteiger partial charge >= 0.3 is 0 Å². The van der Waals surface area contributed by atoms with E-state index in [1.54, 1.807) is 68.6 Å². The molecule has 0 radical (unpaired) electrons. The SMILES string of the molecule is CCC(C(=O)NC)N(Cc1ccc(OC)cc1)C(=O)CN(c1cc(C)ccc1OC)S(=O)(=O)c1ccc(C)cc1. The summed E-state index contributed by atoms with van der Waals surface area (Å²) >= 11 is 0. The Morgan fingerprint density at radius 1 is 0.900 bits per heavy atom. The Bertz CT molecular complexity index is 1420. The lowest BCUT2D eigenvalue weighted by molar-refractivity contribution is -0.140. The molecule has 0 heterocycles. The van der Waals surface area contributed by atoms with E-state index in [1.165, 1.54) is 31.2 Å². The van der Waals surface area contributed by atoms with Crippen LogP contribution in [0.15, 0.2) is 71.6 Å². The van der Waals surface area contributed by atoms with E-state index in [9.17, 15) is 18.0 Å². The second-order valence-electron chi connectivity index (χ2n) is 9.41. The van der Waals surface area contributed by atoms with Gasteiger partial charge in [-0.05, 0) is 67.8 Å². The molecular formula is C30H37N3O6S. The van der Waals surface area contributed by atoms with E-state index >= 15 is 0 Å². The minimum Gasteiger partial charge on any atom is -0.497 e. The van der Waals surface area contributed by atoms with Gasteiger partial charge < -0.3 is 19.7 Å². The molecule has 0 aliphatic heterocycles. The molecule has 1 unspecified atom stereocenters. The minimum absolute atomic E-state index is 0.0366. The number of amides is 2. The van der Waals surface area contributed by atoms with E-state index in [0.29, 0.717) is 17.9 Å². The van der Waals surface area contributed by atoms with Crippen molar-refractivity contribution in [2.24, 2.45) is 0 Å². The van der Waals surface area contributed by atoms with Gasteiger partial charge in [-0.1, -0.05) is 42.8 Å². The molecule has 0 aromatic heterocycles. The molecule has 2 amide bonds. The molecule has 214 valence electrons. The van der Waals surface area contributed by atoms with Crippen LogP contribution >= 0.6 is 0 Å². The number of methoxy groups -OCH3 is 2. The lowest BCUT2D eigenvalue weighted by Gasteiger charge is -2.33. The summed E-state index contributed by atoms with van der Waals surface area (Å²) in [5, 5.41) is 2.62. The van der Waals surface area contributed by atoms with Gasteiger partial charge in [-0.2, -0.15) is 0 Å². The molecule has 0 saturated heterocycles. The molecule has 0 spiro atoms. The Balaban J connectivity index is 2.12. The number of hydrogen-bond acceptors (Lipinski definition) is 6. The van der Waals surface area contributed by atoms with Crippen molar-refractivity contribution in [3.8, 4) is 11.5 Å². The first kappa shape index (κ1) is 30.5. The molecule has 0 aliphatic carbocycles. The molecule has 1 N–H and O–H groups in total. The summed E-state index contributed by atoms with van der Waals surface area (Å²) in [7, 11) is 0.314. The van der Waals surface area contributed by atoms with Crippen molar-refractivity contribution >= 4 is 27.5 Å². The van der Waals surface area contributed by atoms with Crippen LogP contribution in [-0.2, 0) is 26.2 Å². The number of sulfonamides is 1. The Morgan fingerprint density at radius 2 is 1.52 bits per heavy atom. The fourth-order valence-corrected chi connectivity index (χ4v) is 5.78. The summed E-state index contributed by atoms with van der Waals surface area (Å²) in [6.07, 6.45) is 0.333. The Labute approximate surface area is 236 Å². The zero-order chi connectivity index (χ0) is 29.4. The van der Waals surface area contributed by atoms with Crippen LogP contribution in [0.1, 0.15) is 30.0 Å². The van der Waals surface area contributed by atoms with Gasteiger partial charge in [-0.25, -0.2) is 8.42 Å². The molecule has 3 aromatic carbocycles. The van der Waals surface area contributed by atoms with Crippen LogP contribution in [0.4, 0.5) is 5.69 Å². The molecule has 0 aliphatic rings. The number of aryl methyl sites for hydroxylation is 2. The van der Waals surface area contributed by atoms with Crippen molar-refractivity contribution in [3.63, 3.8) is 0 Å². The third-order valence-electron chi connectivity index (χ3n) is 6.64. The van der Waals surface area contributed by atoms with Crippen LogP contribution < -0.4 is 19.1 Å². The molecule has 0 bridgehead atoms. The van der Waals surface area contributed by atoms with E-state index < -0.39 is 28.5 Å². The Kier molecular flexibility index (Phi) is 10.2. The molecule has 0 saturated carbocycles. The number of nitrogens with one attached hydrogen (secondary N) is 1. The number of ether oxygens (including phenoxy) is 2. The Hall–Kier alpha value is -4.05. The van der Waals surface area contributed by atoms with Crippen LogP contribution in [0.25, 0.3) is 0 Å². The predicted molar refractivity (Wildman–Crippen MR) is 155 cm³/mol. The molecule has 3 rings (SSSR count). The van der Waals surface area contributed by atoms with Crippen molar-refractivity contribution in [1.82, 2.24) is 10.2 Å². The zero-order valence-electron chi connectivity index (χ0n) is 23.8. The molecule has 10 heteroatoms. The van der Waals surface area contributed by atoms with Gasteiger partial charge in [0.25, 0.3) is 10.0 Å². The van der Waals surface area contributed by atoms with Crippen molar-refractivity contribution in [3.05, 3.63) is 83.4 Å². The van der Waals surface area contributed by atoms with Gasteiger partial charge in [0.2, 0.25) is 11.8 Å². The fourth-order valence-electron chi connectivity index (χ4n) is 4.36. The second kappa shape index (κ2) is 13.3. The maximum atomic E-state index is 14.1. The lowest BCUT2D eigenvalue weighted by atomic mass is 10.1. The van der Waals surface area contributed by atoms with Gasteiger partial charge in [-0.15, -0.1) is 0 Å². The smallest absolute Gasteiger partial charge is 0.264 e. The minimum atomic E-state index is -4.20. The van der Waals surface area contributed by atoms with E-state index in [4.69, 9.17) is 9.47 Å². The van der Waals surface area contributed by atoms with Crippen LogP contribution in [-0.4, -0.2) is 59.0 Å². The molecule has 9 nitrogen and oxygen atoms in total. The summed E-state index contributed by atoms with van der Waals surface area (Å²) in [6, 6.07) is 17.9. The first-order valence-corrected chi connectivity index (χ1v) is 14.4. The van der Waals surface area contributed by atoms with Crippen LogP contribution in [0.3, 0.4) is 0 Å². The number of hydrogen-bond donors (Lipinski definition) is 1. The highest BCUT2D eigenvalue weighted by atomic mass is 32.2. The van der Waals surface area contributed by atoms with Gasteiger partial charge in [-0.3, -0.25) is 13.9 Å². The average molecular weight is 568 g/mol. The lowest BCUT2D eigenvalue weighted by Crippen LogP contribution is -2.51. The second-order valence-corrected chi connectivity index (χ2v) is 11.3. The number of likely N-dealkylation sites (N-methyl/N-ethyl adjacent to an activating group) is 1. The van der Waals surface area contributed by atoms with Crippen molar-refractivity contribution in [1.29, 1.82) is 0 Å². The molecule has 40 heavy (non-hydrogen) atoms. The largest absolute Gasteiger partial charge is 0.497 e. The third kappa shape index (κ3) is 6.93. The van der Waals surface area contributed by atoms with Gasteiger partial charge in [0.15, 0.2) is 0 Å². The van der Waals surface area contributed by atoms with Crippen LogP contribution in [0.5, 0.6) is 11.5 Å². The van der Waals surface area contributed by atoms with E-state index in [2.05, 4.69) is 5.32 Å². The van der Waals surface area contributed by atoms with Crippen molar-refractivity contribution in [2.45, 2.75) is 44.7 Å².